The van der Waals surface area contributed by atoms with Crippen LogP contribution in [0.3, 0.4) is 0 Å². The Balaban J connectivity index is 0.00000264. The minimum Gasteiger partial charge on any atom is -0.330 e. The normalized spacial score (nSPS) is 19.1. The molecule has 0 radical (unpaired) electrons. The molecule has 1 saturated heterocycles. The third kappa shape index (κ3) is 4.54. The molecule has 130 valence electrons. The third-order valence-electron chi connectivity index (χ3n) is 3.80. The maximum absolute atomic E-state index is 12.7. The summed E-state index contributed by atoms with van der Waals surface area (Å²) in [6, 6.07) is 3.41. The number of halogens is 2. The number of non-ortho nitro benzene ring substituents is 1. The lowest BCUT2D eigenvalue weighted by Gasteiger charge is -2.31. The lowest BCUT2D eigenvalue weighted by molar-refractivity contribution is -0.384. The summed E-state index contributed by atoms with van der Waals surface area (Å²) in [5.74, 6) is 0.241. The summed E-state index contributed by atoms with van der Waals surface area (Å²) in [7, 11) is -3.75. The first-order chi connectivity index (χ1) is 10.4. The Hall–Kier alpha value is -0.930. The molecule has 1 aromatic carbocycles. The Morgan fingerprint density at radius 2 is 2.13 bits per heavy atom. The second-order valence-corrected chi connectivity index (χ2v) is 7.63. The zero-order valence-corrected chi connectivity index (χ0v) is 14.7. The zero-order chi connectivity index (χ0) is 16.3. The number of rotatable bonds is 5. The van der Waals surface area contributed by atoms with Crippen molar-refractivity contribution in [1.82, 2.24) is 4.31 Å². The van der Waals surface area contributed by atoms with Crippen LogP contribution in [0.15, 0.2) is 23.1 Å². The van der Waals surface area contributed by atoms with Crippen molar-refractivity contribution >= 4 is 39.7 Å². The monoisotopic (exact) mass is 383 g/mol. The molecule has 0 saturated carbocycles. The van der Waals surface area contributed by atoms with Crippen molar-refractivity contribution in [3.63, 3.8) is 0 Å². The molecule has 10 heteroatoms. The number of hydrogen-bond donors (Lipinski definition) is 1. The van der Waals surface area contributed by atoms with Crippen LogP contribution < -0.4 is 5.73 Å². The molecular weight excluding hydrogens is 365 g/mol. The van der Waals surface area contributed by atoms with Gasteiger partial charge in [0.25, 0.3) is 5.69 Å². The molecule has 2 N–H and O–H groups in total. The molecule has 0 spiro atoms. The van der Waals surface area contributed by atoms with E-state index in [0.717, 1.165) is 31.4 Å². The van der Waals surface area contributed by atoms with E-state index in [2.05, 4.69) is 0 Å². The Morgan fingerprint density at radius 3 is 2.70 bits per heavy atom. The van der Waals surface area contributed by atoms with Crippen LogP contribution in [0.1, 0.15) is 19.3 Å². The summed E-state index contributed by atoms with van der Waals surface area (Å²) in [6.45, 7) is 1.36. The summed E-state index contributed by atoms with van der Waals surface area (Å²) in [6.07, 6.45) is 2.51. The molecule has 23 heavy (non-hydrogen) atoms. The molecule has 1 aliphatic heterocycles. The Kier molecular flexibility index (Phi) is 7.22. The summed E-state index contributed by atoms with van der Waals surface area (Å²) in [4.78, 5) is 10.0. The van der Waals surface area contributed by atoms with E-state index in [9.17, 15) is 18.5 Å². The van der Waals surface area contributed by atoms with E-state index in [1.54, 1.807) is 0 Å². The highest BCUT2D eigenvalue weighted by molar-refractivity contribution is 7.89. The summed E-state index contributed by atoms with van der Waals surface area (Å²) < 4.78 is 26.8. The minimum absolute atomic E-state index is 0. The van der Waals surface area contributed by atoms with Crippen LogP contribution in [0, 0.1) is 16.0 Å². The van der Waals surface area contributed by atoms with Crippen molar-refractivity contribution in [3.8, 4) is 0 Å². The number of sulfonamides is 1. The van der Waals surface area contributed by atoms with Gasteiger partial charge in [0.05, 0.1) is 9.95 Å². The predicted octanol–water partition coefficient (Wildman–Crippen LogP) is 2.42. The highest BCUT2D eigenvalue weighted by Gasteiger charge is 2.31. The van der Waals surface area contributed by atoms with Crippen LogP contribution >= 0.6 is 24.0 Å². The van der Waals surface area contributed by atoms with Gasteiger partial charge in [-0.15, -0.1) is 12.4 Å². The number of nitro groups is 1. The van der Waals surface area contributed by atoms with Crippen LogP contribution in [0.25, 0.3) is 0 Å². The van der Waals surface area contributed by atoms with Crippen molar-refractivity contribution < 1.29 is 13.3 Å². The molecule has 1 atom stereocenters. The minimum atomic E-state index is -3.75. The summed E-state index contributed by atoms with van der Waals surface area (Å²) in [5.41, 5.74) is 5.31. The van der Waals surface area contributed by atoms with Crippen molar-refractivity contribution in [2.45, 2.75) is 24.2 Å². The third-order valence-corrected chi connectivity index (χ3v) is 6.15. The highest BCUT2D eigenvalue weighted by Crippen LogP contribution is 2.31. The fraction of sp³-hybridized carbons (Fsp3) is 0.538. The first-order valence-corrected chi connectivity index (χ1v) is 8.82. The molecule has 0 aliphatic carbocycles. The van der Waals surface area contributed by atoms with Crippen LogP contribution in [-0.4, -0.2) is 37.3 Å². The Bertz CT molecular complexity index is 667. The SMILES string of the molecule is Cl.NCCC1CCCN(S(=O)(=O)c2ccc([N+](=O)[O-])cc2Cl)C1. The maximum Gasteiger partial charge on any atom is 0.271 e. The standard InChI is InChI=1S/C13H18ClN3O4S.ClH/c14-12-8-11(17(18)19)3-4-13(12)22(20,21)16-7-1-2-10(9-16)5-6-15;/h3-4,8,10H,1-2,5-7,9,15H2;1H. The fourth-order valence-corrected chi connectivity index (χ4v) is 4.74. The molecule has 1 fully saturated rings. The van der Waals surface area contributed by atoms with Gasteiger partial charge in [-0.3, -0.25) is 10.1 Å². The van der Waals surface area contributed by atoms with E-state index in [0.29, 0.717) is 19.6 Å². The van der Waals surface area contributed by atoms with Crippen LogP contribution in [0.5, 0.6) is 0 Å². The van der Waals surface area contributed by atoms with Crippen molar-refractivity contribution in [2.75, 3.05) is 19.6 Å². The number of piperidine rings is 1. The van der Waals surface area contributed by atoms with E-state index in [1.165, 1.54) is 10.4 Å². The number of nitrogens with zero attached hydrogens (tertiary/aromatic N) is 2. The Morgan fingerprint density at radius 1 is 1.43 bits per heavy atom. The quantitative estimate of drug-likeness (QED) is 0.620. The van der Waals surface area contributed by atoms with Crippen molar-refractivity contribution in [1.29, 1.82) is 0 Å². The molecule has 0 aromatic heterocycles. The lowest BCUT2D eigenvalue weighted by atomic mass is 9.96. The molecule has 1 heterocycles. The van der Waals surface area contributed by atoms with Gasteiger partial charge in [-0.25, -0.2) is 8.42 Å². The second kappa shape index (κ2) is 8.25. The first kappa shape index (κ1) is 20.1. The van der Waals surface area contributed by atoms with Gasteiger partial charge in [-0.05, 0) is 37.8 Å². The molecule has 1 unspecified atom stereocenters. The van der Waals surface area contributed by atoms with Gasteiger partial charge in [-0.1, -0.05) is 11.6 Å². The van der Waals surface area contributed by atoms with E-state index < -0.39 is 14.9 Å². The summed E-state index contributed by atoms with van der Waals surface area (Å²) >= 11 is 5.94. The maximum atomic E-state index is 12.7. The van der Waals surface area contributed by atoms with Gasteiger partial charge in [0.15, 0.2) is 0 Å². The largest absolute Gasteiger partial charge is 0.330 e. The van der Waals surface area contributed by atoms with Crippen molar-refractivity contribution in [2.24, 2.45) is 11.7 Å². The Labute approximate surface area is 146 Å². The molecule has 1 aromatic rings. The van der Waals surface area contributed by atoms with E-state index in [-0.39, 0.29) is 33.9 Å². The highest BCUT2D eigenvalue weighted by atomic mass is 35.5. The van der Waals surface area contributed by atoms with Gasteiger partial charge in [-0.2, -0.15) is 4.31 Å². The van der Waals surface area contributed by atoms with Gasteiger partial charge in [0.2, 0.25) is 10.0 Å². The smallest absolute Gasteiger partial charge is 0.271 e. The first-order valence-electron chi connectivity index (χ1n) is 7.00. The predicted molar refractivity (Wildman–Crippen MR) is 90.5 cm³/mol. The van der Waals surface area contributed by atoms with Gasteiger partial charge in [0.1, 0.15) is 4.90 Å². The van der Waals surface area contributed by atoms with Crippen LogP contribution in [0.2, 0.25) is 5.02 Å². The van der Waals surface area contributed by atoms with Gasteiger partial charge >= 0.3 is 0 Å². The molecule has 0 amide bonds. The topological polar surface area (TPSA) is 107 Å². The van der Waals surface area contributed by atoms with Crippen molar-refractivity contribution in [3.05, 3.63) is 33.3 Å². The summed E-state index contributed by atoms with van der Waals surface area (Å²) in [5, 5.41) is 10.6. The second-order valence-electron chi connectivity index (χ2n) is 5.32. The molecule has 2 rings (SSSR count). The van der Waals surface area contributed by atoms with Gasteiger partial charge in [0, 0.05) is 25.2 Å². The molecule has 1 aliphatic rings. The average molecular weight is 384 g/mol. The van der Waals surface area contributed by atoms with E-state index in [1.807, 2.05) is 0 Å². The number of hydrogen-bond acceptors (Lipinski definition) is 5. The molecule has 0 bridgehead atoms. The van der Waals surface area contributed by atoms with Crippen LogP contribution in [0.4, 0.5) is 5.69 Å². The fourth-order valence-electron chi connectivity index (χ4n) is 2.67. The average Bonchev–Trinajstić information content (AvgIpc) is 2.47. The zero-order valence-electron chi connectivity index (χ0n) is 12.4. The van der Waals surface area contributed by atoms with E-state index >= 15 is 0 Å². The van der Waals surface area contributed by atoms with E-state index in [4.69, 9.17) is 17.3 Å². The lowest BCUT2D eigenvalue weighted by Crippen LogP contribution is -2.40. The number of nitro benzene ring substituents is 1. The van der Waals surface area contributed by atoms with Gasteiger partial charge < -0.3 is 5.73 Å². The number of nitrogens with two attached hydrogens (primary N) is 1. The molecule has 7 nitrogen and oxygen atoms in total. The number of benzene rings is 1. The molecular formula is C13H19Cl2N3O4S. The van der Waals surface area contributed by atoms with Crippen LogP contribution in [-0.2, 0) is 10.0 Å².